The van der Waals surface area contributed by atoms with Gasteiger partial charge in [0.1, 0.15) is 0 Å². The Morgan fingerprint density at radius 2 is 2.00 bits per heavy atom. The number of guanidine groups is 1. The van der Waals surface area contributed by atoms with Gasteiger partial charge in [0.2, 0.25) is 0 Å². The van der Waals surface area contributed by atoms with Crippen molar-refractivity contribution in [1.29, 1.82) is 0 Å². The van der Waals surface area contributed by atoms with E-state index in [-0.39, 0.29) is 24.0 Å². The van der Waals surface area contributed by atoms with Crippen LogP contribution in [0.3, 0.4) is 0 Å². The molecule has 10 heteroatoms. The van der Waals surface area contributed by atoms with Crippen molar-refractivity contribution in [3.8, 4) is 0 Å². The van der Waals surface area contributed by atoms with Crippen LogP contribution in [-0.2, 0) is 22.7 Å². The highest BCUT2D eigenvalue weighted by Gasteiger charge is 2.37. The van der Waals surface area contributed by atoms with Crippen LogP contribution in [0.4, 0.5) is 13.2 Å². The van der Waals surface area contributed by atoms with Crippen molar-refractivity contribution in [2.45, 2.75) is 37.8 Å². The summed E-state index contributed by atoms with van der Waals surface area (Å²) in [6.45, 7) is 4.22. The summed E-state index contributed by atoms with van der Waals surface area (Å²) in [5.74, 6) is 0.626. The number of alkyl halides is 3. The number of hydrogen-bond acceptors (Lipinski definition) is 4. The van der Waals surface area contributed by atoms with Crippen LogP contribution in [0.25, 0.3) is 0 Å². The molecule has 1 aromatic carbocycles. The normalized spacial score (nSPS) is 16.5. The highest BCUT2D eigenvalue weighted by molar-refractivity contribution is 14.0. The lowest BCUT2D eigenvalue weighted by Gasteiger charge is -2.38. The van der Waals surface area contributed by atoms with Gasteiger partial charge in [0.05, 0.1) is 10.6 Å². The number of hydrogen-bond donors (Lipinski definition) is 2. The molecule has 3 rings (SSSR count). The lowest BCUT2D eigenvalue weighted by molar-refractivity contribution is -0.137. The Morgan fingerprint density at radius 3 is 2.61 bits per heavy atom. The number of thiazole rings is 1. The maximum absolute atomic E-state index is 13.2. The molecule has 0 aliphatic carbocycles. The standard InChI is InChI=1S/C21H27F3N4OS.HI/c1-15-13-27-18(30-15)6-9-26-19(25-2)28-14-20(7-10-29-11-8-20)16-4-3-5-17(12-16)21(22,23)24;/h3-5,12-13H,6-11,14H2,1-2H3,(H2,25,26,28);1H. The molecule has 2 N–H and O–H groups in total. The van der Waals surface area contributed by atoms with Crippen molar-refractivity contribution in [2.75, 3.05) is 33.4 Å². The predicted molar refractivity (Wildman–Crippen MR) is 129 cm³/mol. The molecule has 1 fully saturated rings. The summed E-state index contributed by atoms with van der Waals surface area (Å²) in [5.41, 5.74) is -0.377. The Bertz CT molecular complexity index is 866. The molecule has 31 heavy (non-hydrogen) atoms. The maximum Gasteiger partial charge on any atom is 0.416 e. The highest BCUT2D eigenvalue weighted by Crippen LogP contribution is 2.37. The minimum Gasteiger partial charge on any atom is -0.381 e. The van der Waals surface area contributed by atoms with Crippen LogP contribution in [0, 0.1) is 6.92 Å². The topological polar surface area (TPSA) is 58.5 Å². The summed E-state index contributed by atoms with van der Waals surface area (Å²) in [6.07, 6.45) is -0.419. The average molecular weight is 568 g/mol. The second-order valence-electron chi connectivity index (χ2n) is 7.44. The van der Waals surface area contributed by atoms with Crippen molar-refractivity contribution in [1.82, 2.24) is 15.6 Å². The van der Waals surface area contributed by atoms with Crippen LogP contribution >= 0.6 is 35.3 Å². The fourth-order valence-corrected chi connectivity index (χ4v) is 4.42. The van der Waals surface area contributed by atoms with Gasteiger partial charge in [0, 0.05) is 56.3 Å². The van der Waals surface area contributed by atoms with E-state index in [0.29, 0.717) is 50.7 Å². The zero-order chi connectivity index (χ0) is 21.6. The number of halogens is 4. The van der Waals surface area contributed by atoms with Gasteiger partial charge in [-0.2, -0.15) is 13.2 Å². The molecule has 0 amide bonds. The van der Waals surface area contributed by atoms with E-state index in [2.05, 4.69) is 20.6 Å². The number of aliphatic imine (C=N–C) groups is 1. The van der Waals surface area contributed by atoms with E-state index in [9.17, 15) is 13.2 Å². The molecule has 1 aromatic heterocycles. The van der Waals surface area contributed by atoms with Crippen molar-refractivity contribution < 1.29 is 17.9 Å². The lowest BCUT2D eigenvalue weighted by atomic mass is 9.73. The SMILES string of the molecule is CN=C(NCCc1ncc(C)s1)NCC1(c2cccc(C(F)(F)F)c2)CCOCC1.I. The Balaban J connectivity index is 0.00000341. The molecule has 0 saturated carbocycles. The van der Waals surface area contributed by atoms with Crippen molar-refractivity contribution in [2.24, 2.45) is 4.99 Å². The van der Waals surface area contributed by atoms with Gasteiger partial charge in [-0.25, -0.2) is 4.98 Å². The van der Waals surface area contributed by atoms with Gasteiger partial charge >= 0.3 is 6.18 Å². The third kappa shape index (κ3) is 7.04. The summed E-state index contributed by atoms with van der Waals surface area (Å²) in [7, 11) is 1.68. The van der Waals surface area contributed by atoms with Crippen LogP contribution in [0.15, 0.2) is 35.5 Å². The first-order valence-corrected chi connectivity index (χ1v) is 10.8. The van der Waals surface area contributed by atoms with Crippen molar-refractivity contribution in [3.05, 3.63) is 51.5 Å². The van der Waals surface area contributed by atoms with E-state index in [1.54, 1.807) is 24.5 Å². The third-order valence-corrected chi connectivity index (χ3v) is 6.34. The molecule has 172 valence electrons. The zero-order valence-corrected chi connectivity index (χ0v) is 20.7. The van der Waals surface area contributed by atoms with Crippen molar-refractivity contribution in [3.63, 3.8) is 0 Å². The molecule has 0 unspecified atom stereocenters. The third-order valence-electron chi connectivity index (χ3n) is 5.37. The minimum atomic E-state index is -4.36. The number of nitrogens with zero attached hydrogens (tertiary/aromatic N) is 2. The summed E-state index contributed by atoms with van der Waals surface area (Å²) < 4.78 is 45.2. The maximum atomic E-state index is 13.2. The summed E-state index contributed by atoms with van der Waals surface area (Å²) in [4.78, 5) is 9.78. The number of ether oxygens (including phenoxy) is 1. The Hall–Kier alpha value is -1.40. The second-order valence-corrected chi connectivity index (χ2v) is 8.76. The summed E-state index contributed by atoms with van der Waals surface area (Å²) in [5, 5.41) is 7.63. The van der Waals surface area contributed by atoms with E-state index < -0.39 is 17.2 Å². The first-order chi connectivity index (χ1) is 14.3. The Kier molecular flexibility index (Phi) is 9.56. The van der Waals surface area contributed by atoms with Crippen LogP contribution in [0.5, 0.6) is 0 Å². The number of aryl methyl sites for hydroxylation is 1. The molecule has 1 aliphatic rings. The van der Waals surface area contributed by atoms with Gasteiger partial charge in [-0.15, -0.1) is 35.3 Å². The monoisotopic (exact) mass is 568 g/mol. The molecule has 0 bridgehead atoms. The van der Waals surface area contributed by atoms with Gasteiger partial charge in [0.15, 0.2) is 5.96 Å². The van der Waals surface area contributed by atoms with Gasteiger partial charge in [-0.1, -0.05) is 18.2 Å². The van der Waals surface area contributed by atoms with Gasteiger partial charge in [0.25, 0.3) is 0 Å². The first-order valence-electron chi connectivity index (χ1n) is 9.94. The van der Waals surface area contributed by atoms with Crippen LogP contribution in [-0.4, -0.2) is 44.3 Å². The number of rotatable bonds is 6. The fraction of sp³-hybridized carbons (Fsp3) is 0.524. The number of aromatic nitrogens is 1. The van der Waals surface area contributed by atoms with Crippen LogP contribution in [0.1, 0.15) is 33.9 Å². The largest absolute Gasteiger partial charge is 0.416 e. The molecule has 5 nitrogen and oxygen atoms in total. The van der Waals surface area contributed by atoms with E-state index >= 15 is 0 Å². The molecular weight excluding hydrogens is 540 g/mol. The molecule has 2 heterocycles. The molecular formula is C21H28F3IN4OS. The fourth-order valence-electron chi connectivity index (χ4n) is 3.63. The first kappa shape index (κ1) is 25.9. The van der Waals surface area contributed by atoms with Crippen LogP contribution in [0.2, 0.25) is 0 Å². The Morgan fingerprint density at radius 1 is 1.26 bits per heavy atom. The lowest BCUT2D eigenvalue weighted by Crippen LogP contribution is -2.48. The average Bonchev–Trinajstić information content (AvgIpc) is 3.15. The van der Waals surface area contributed by atoms with E-state index in [0.717, 1.165) is 17.5 Å². The quantitative estimate of drug-likeness (QED) is 0.305. The highest BCUT2D eigenvalue weighted by atomic mass is 127. The van der Waals surface area contributed by atoms with Crippen molar-refractivity contribution >= 4 is 41.3 Å². The summed E-state index contributed by atoms with van der Waals surface area (Å²) in [6, 6.07) is 5.65. The predicted octanol–water partition coefficient (Wildman–Crippen LogP) is 4.54. The van der Waals surface area contributed by atoms with E-state index in [1.165, 1.54) is 17.0 Å². The van der Waals surface area contributed by atoms with E-state index in [1.807, 2.05) is 13.1 Å². The smallest absolute Gasteiger partial charge is 0.381 e. The zero-order valence-electron chi connectivity index (χ0n) is 17.6. The Labute approximate surface area is 201 Å². The number of benzene rings is 1. The van der Waals surface area contributed by atoms with Gasteiger partial charge < -0.3 is 15.4 Å². The second kappa shape index (κ2) is 11.5. The molecule has 1 saturated heterocycles. The van der Waals surface area contributed by atoms with Gasteiger partial charge in [-0.3, -0.25) is 4.99 Å². The molecule has 0 radical (unpaired) electrons. The minimum absolute atomic E-state index is 0. The number of nitrogens with one attached hydrogen (secondary N) is 2. The molecule has 0 spiro atoms. The summed E-state index contributed by atoms with van der Waals surface area (Å²) >= 11 is 1.67. The van der Waals surface area contributed by atoms with Gasteiger partial charge in [-0.05, 0) is 31.4 Å². The van der Waals surface area contributed by atoms with Crippen LogP contribution < -0.4 is 10.6 Å². The molecule has 0 atom stereocenters. The molecule has 1 aliphatic heterocycles. The molecule has 2 aromatic rings. The van der Waals surface area contributed by atoms with E-state index in [4.69, 9.17) is 4.74 Å².